The molecule has 0 bridgehead atoms. The SMILES string of the molecule is Cc1cccc(CC(O)c2ccc([N+](=O)[O-])cc2)n1. The topological polar surface area (TPSA) is 76.3 Å². The van der Waals surface area contributed by atoms with Gasteiger partial charge in [-0.3, -0.25) is 15.1 Å². The first kappa shape index (κ1) is 13.2. The minimum Gasteiger partial charge on any atom is -0.388 e. The maximum atomic E-state index is 10.5. The van der Waals surface area contributed by atoms with Crippen molar-refractivity contribution in [2.24, 2.45) is 0 Å². The Morgan fingerprint density at radius 3 is 2.53 bits per heavy atom. The number of nitrogens with zero attached hydrogens (tertiary/aromatic N) is 2. The molecule has 2 rings (SSSR count). The Kier molecular flexibility index (Phi) is 3.87. The van der Waals surface area contributed by atoms with E-state index in [1.807, 2.05) is 25.1 Å². The highest BCUT2D eigenvalue weighted by Gasteiger charge is 2.11. The molecule has 1 aromatic heterocycles. The van der Waals surface area contributed by atoms with Crippen molar-refractivity contribution < 1.29 is 10.0 Å². The van der Waals surface area contributed by atoms with Gasteiger partial charge in [0.2, 0.25) is 0 Å². The highest BCUT2D eigenvalue weighted by Crippen LogP contribution is 2.20. The fraction of sp³-hybridized carbons (Fsp3) is 0.214. The summed E-state index contributed by atoms with van der Waals surface area (Å²) in [6.07, 6.45) is -0.324. The number of non-ortho nitro benzene ring substituents is 1. The van der Waals surface area contributed by atoms with Gasteiger partial charge in [0.15, 0.2) is 0 Å². The number of benzene rings is 1. The predicted molar refractivity (Wildman–Crippen MR) is 70.7 cm³/mol. The number of aromatic nitrogens is 1. The Balaban J connectivity index is 2.11. The Morgan fingerprint density at radius 1 is 1.26 bits per heavy atom. The van der Waals surface area contributed by atoms with Crippen LogP contribution in [-0.2, 0) is 6.42 Å². The van der Waals surface area contributed by atoms with Crippen molar-refractivity contribution in [2.45, 2.75) is 19.4 Å². The van der Waals surface area contributed by atoms with Crippen LogP contribution < -0.4 is 0 Å². The average Bonchev–Trinajstić information content (AvgIpc) is 2.39. The molecule has 0 fully saturated rings. The number of rotatable bonds is 4. The lowest BCUT2D eigenvalue weighted by Crippen LogP contribution is -2.04. The van der Waals surface area contributed by atoms with Gasteiger partial charge in [-0.2, -0.15) is 0 Å². The Labute approximate surface area is 110 Å². The summed E-state index contributed by atoms with van der Waals surface area (Å²) in [6, 6.07) is 11.5. The molecule has 0 saturated heterocycles. The van der Waals surface area contributed by atoms with Crippen molar-refractivity contribution >= 4 is 5.69 Å². The number of nitro benzene ring substituents is 1. The second-order valence-electron chi connectivity index (χ2n) is 4.34. The molecule has 5 heteroatoms. The van der Waals surface area contributed by atoms with Gasteiger partial charge in [0, 0.05) is 29.9 Å². The van der Waals surface area contributed by atoms with E-state index in [2.05, 4.69) is 4.98 Å². The number of hydrogen-bond acceptors (Lipinski definition) is 4. The van der Waals surface area contributed by atoms with Crippen LogP contribution >= 0.6 is 0 Å². The van der Waals surface area contributed by atoms with Crippen LogP contribution in [-0.4, -0.2) is 15.0 Å². The molecular weight excluding hydrogens is 244 g/mol. The number of hydrogen-bond donors (Lipinski definition) is 1. The molecule has 1 aromatic carbocycles. The molecule has 0 saturated carbocycles. The van der Waals surface area contributed by atoms with Gasteiger partial charge >= 0.3 is 0 Å². The van der Waals surface area contributed by atoms with Crippen LogP contribution in [0.15, 0.2) is 42.5 Å². The smallest absolute Gasteiger partial charge is 0.269 e. The summed E-state index contributed by atoms with van der Waals surface area (Å²) in [5, 5.41) is 20.6. The minimum atomic E-state index is -0.713. The van der Waals surface area contributed by atoms with Crippen LogP contribution in [0.25, 0.3) is 0 Å². The van der Waals surface area contributed by atoms with Gasteiger partial charge in [-0.1, -0.05) is 6.07 Å². The van der Waals surface area contributed by atoms with Crippen LogP contribution in [0.3, 0.4) is 0 Å². The summed E-state index contributed by atoms with van der Waals surface area (Å²) in [5.41, 5.74) is 2.36. The number of aliphatic hydroxyl groups excluding tert-OH is 1. The molecule has 0 aliphatic rings. The van der Waals surface area contributed by atoms with Gasteiger partial charge in [-0.05, 0) is 36.8 Å². The molecular formula is C14H14N2O3. The molecule has 0 aliphatic carbocycles. The fourth-order valence-corrected chi connectivity index (χ4v) is 1.85. The highest BCUT2D eigenvalue weighted by atomic mass is 16.6. The molecule has 1 heterocycles. The number of nitro groups is 1. The lowest BCUT2D eigenvalue weighted by Gasteiger charge is -2.10. The quantitative estimate of drug-likeness (QED) is 0.675. The zero-order valence-corrected chi connectivity index (χ0v) is 10.5. The van der Waals surface area contributed by atoms with Crippen LogP contribution in [0, 0.1) is 17.0 Å². The number of aliphatic hydroxyl groups is 1. The molecule has 1 unspecified atom stereocenters. The monoisotopic (exact) mass is 258 g/mol. The van der Waals surface area contributed by atoms with E-state index in [9.17, 15) is 15.2 Å². The van der Waals surface area contributed by atoms with Crippen molar-refractivity contribution in [1.29, 1.82) is 0 Å². The van der Waals surface area contributed by atoms with Gasteiger partial charge in [0.05, 0.1) is 11.0 Å². The summed E-state index contributed by atoms with van der Waals surface area (Å²) >= 11 is 0. The van der Waals surface area contributed by atoms with E-state index < -0.39 is 11.0 Å². The predicted octanol–water partition coefficient (Wildman–Crippen LogP) is 2.57. The molecule has 0 amide bonds. The van der Waals surface area contributed by atoms with E-state index in [0.29, 0.717) is 12.0 Å². The van der Waals surface area contributed by atoms with Crippen LogP contribution in [0.1, 0.15) is 23.1 Å². The highest BCUT2D eigenvalue weighted by molar-refractivity contribution is 5.34. The largest absolute Gasteiger partial charge is 0.388 e. The summed E-state index contributed by atoms with van der Waals surface area (Å²) in [5.74, 6) is 0. The third-order valence-electron chi connectivity index (χ3n) is 2.84. The van der Waals surface area contributed by atoms with Crippen molar-refractivity contribution in [3.8, 4) is 0 Å². The Bertz CT molecular complexity index is 581. The second kappa shape index (κ2) is 5.58. The first-order chi connectivity index (χ1) is 9.06. The number of aryl methyl sites for hydroxylation is 1. The first-order valence-electron chi connectivity index (χ1n) is 5.91. The molecule has 1 N–H and O–H groups in total. The van der Waals surface area contributed by atoms with E-state index in [1.54, 1.807) is 12.1 Å². The maximum Gasteiger partial charge on any atom is 0.269 e. The van der Waals surface area contributed by atoms with Gasteiger partial charge in [-0.25, -0.2) is 0 Å². The third-order valence-corrected chi connectivity index (χ3v) is 2.84. The third kappa shape index (κ3) is 3.35. The molecule has 1 atom stereocenters. The van der Waals surface area contributed by atoms with Crippen molar-refractivity contribution in [3.05, 3.63) is 69.5 Å². The van der Waals surface area contributed by atoms with Gasteiger partial charge < -0.3 is 5.11 Å². The first-order valence-corrected chi connectivity index (χ1v) is 5.91. The maximum absolute atomic E-state index is 10.5. The van der Waals surface area contributed by atoms with E-state index in [4.69, 9.17) is 0 Å². The zero-order valence-electron chi connectivity index (χ0n) is 10.5. The van der Waals surface area contributed by atoms with E-state index >= 15 is 0 Å². The Hall–Kier alpha value is -2.27. The van der Waals surface area contributed by atoms with Crippen LogP contribution in [0.5, 0.6) is 0 Å². The molecule has 19 heavy (non-hydrogen) atoms. The molecule has 5 nitrogen and oxygen atoms in total. The standard InChI is InChI=1S/C14H14N2O3/c1-10-3-2-4-12(15-10)9-14(17)11-5-7-13(8-6-11)16(18)19/h2-8,14,17H,9H2,1H3. The van der Waals surface area contributed by atoms with E-state index in [-0.39, 0.29) is 5.69 Å². The van der Waals surface area contributed by atoms with Crippen molar-refractivity contribution in [2.75, 3.05) is 0 Å². The molecule has 98 valence electrons. The summed E-state index contributed by atoms with van der Waals surface area (Å²) in [6.45, 7) is 1.89. The lowest BCUT2D eigenvalue weighted by molar-refractivity contribution is -0.384. The van der Waals surface area contributed by atoms with Crippen molar-refractivity contribution in [1.82, 2.24) is 4.98 Å². The Morgan fingerprint density at radius 2 is 1.95 bits per heavy atom. The molecule has 0 spiro atoms. The van der Waals surface area contributed by atoms with Crippen molar-refractivity contribution in [3.63, 3.8) is 0 Å². The van der Waals surface area contributed by atoms with E-state index in [0.717, 1.165) is 11.4 Å². The van der Waals surface area contributed by atoms with Gasteiger partial charge in [-0.15, -0.1) is 0 Å². The minimum absolute atomic E-state index is 0.0182. The van der Waals surface area contributed by atoms with E-state index in [1.165, 1.54) is 12.1 Å². The zero-order chi connectivity index (χ0) is 13.8. The summed E-state index contributed by atoms with van der Waals surface area (Å²) in [7, 11) is 0. The fourth-order valence-electron chi connectivity index (χ4n) is 1.85. The lowest BCUT2D eigenvalue weighted by atomic mass is 10.0. The summed E-state index contributed by atoms with van der Waals surface area (Å²) < 4.78 is 0. The second-order valence-corrected chi connectivity index (χ2v) is 4.34. The van der Waals surface area contributed by atoms with Crippen LogP contribution in [0.4, 0.5) is 5.69 Å². The molecule has 0 aliphatic heterocycles. The molecule has 0 radical (unpaired) electrons. The molecule has 2 aromatic rings. The van der Waals surface area contributed by atoms with Gasteiger partial charge in [0.1, 0.15) is 0 Å². The van der Waals surface area contributed by atoms with Gasteiger partial charge in [0.25, 0.3) is 5.69 Å². The normalized spacial score (nSPS) is 12.1. The van der Waals surface area contributed by atoms with Crippen LogP contribution in [0.2, 0.25) is 0 Å². The summed E-state index contributed by atoms with van der Waals surface area (Å²) in [4.78, 5) is 14.4. The average molecular weight is 258 g/mol. The number of pyridine rings is 1.